The molecule has 1 N–H and O–H groups in total. The van der Waals surface area contributed by atoms with Gasteiger partial charge in [-0.2, -0.15) is 0 Å². The molecule has 1 aromatic heterocycles. The van der Waals surface area contributed by atoms with E-state index in [1.54, 1.807) is 0 Å². The highest BCUT2D eigenvalue weighted by atomic mass is 16.2. The summed E-state index contributed by atoms with van der Waals surface area (Å²) >= 11 is 0. The van der Waals surface area contributed by atoms with E-state index in [0.717, 1.165) is 45.0 Å². The Hall–Kier alpha value is -2.15. The molecule has 2 fully saturated rings. The first-order valence-corrected chi connectivity index (χ1v) is 9.89. The number of amides is 3. The zero-order valence-electron chi connectivity index (χ0n) is 16.6. The number of aryl methyl sites for hydroxylation is 1. The van der Waals surface area contributed by atoms with Gasteiger partial charge in [0.2, 0.25) is 5.91 Å². The molecule has 3 heterocycles. The van der Waals surface area contributed by atoms with E-state index in [4.69, 9.17) is 0 Å². The van der Waals surface area contributed by atoms with Crippen LogP contribution in [0.5, 0.6) is 0 Å². The summed E-state index contributed by atoms with van der Waals surface area (Å²) in [5, 5.41) is 3.03. The van der Waals surface area contributed by atoms with Gasteiger partial charge in [-0.05, 0) is 32.4 Å². The topological polar surface area (TPSA) is 68.8 Å². The summed E-state index contributed by atoms with van der Waals surface area (Å²) < 4.78 is 0. The van der Waals surface area contributed by atoms with Gasteiger partial charge in [0.1, 0.15) is 0 Å². The molecule has 0 aromatic carbocycles. The van der Waals surface area contributed by atoms with E-state index in [1.165, 1.54) is 5.56 Å². The molecule has 2 aliphatic rings. The Labute approximate surface area is 161 Å². The second-order valence-corrected chi connectivity index (χ2v) is 7.93. The molecule has 1 unspecified atom stereocenters. The lowest BCUT2D eigenvalue weighted by Gasteiger charge is -2.34. The fourth-order valence-corrected chi connectivity index (χ4v) is 3.79. The highest BCUT2D eigenvalue weighted by Gasteiger charge is 2.31. The van der Waals surface area contributed by atoms with Gasteiger partial charge in [-0.1, -0.05) is 6.07 Å². The number of rotatable bonds is 5. The smallest absolute Gasteiger partial charge is 0.317 e. The number of hydrogen-bond donors (Lipinski definition) is 1. The van der Waals surface area contributed by atoms with Crippen molar-refractivity contribution in [3.05, 3.63) is 29.6 Å². The highest BCUT2D eigenvalue weighted by Crippen LogP contribution is 2.19. The summed E-state index contributed by atoms with van der Waals surface area (Å²) in [5.41, 5.74) is 2.32. The lowest BCUT2D eigenvalue weighted by molar-refractivity contribution is -0.129. The molecule has 2 aliphatic heterocycles. The first-order chi connectivity index (χ1) is 12.9. The molecule has 0 bridgehead atoms. The van der Waals surface area contributed by atoms with Crippen LogP contribution in [0.25, 0.3) is 0 Å². The number of pyridine rings is 1. The number of nitrogens with one attached hydrogen (secondary N) is 1. The maximum absolute atomic E-state index is 12.5. The van der Waals surface area contributed by atoms with E-state index >= 15 is 0 Å². The van der Waals surface area contributed by atoms with Crippen molar-refractivity contribution in [2.75, 3.05) is 39.3 Å². The van der Waals surface area contributed by atoms with Crippen LogP contribution in [0.1, 0.15) is 31.5 Å². The van der Waals surface area contributed by atoms with E-state index in [9.17, 15) is 9.59 Å². The van der Waals surface area contributed by atoms with Crippen molar-refractivity contribution in [3.63, 3.8) is 0 Å². The molecule has 148 valence electrons. The van der Waals surface area contributed by atoms with Crippen molar-refractivity contribution in [2.24, 2.45) is 5.92 Å². The van der Waals surface area contributed by atoms with E-state index < -0.39 is 0 Å². The van der Waals surface area contributed by atoms with Gasteiger partial charge < -0.3 is 15.1 Å². The van der Waals surface area contributed by atoms with E-state index in [2.05, 4.69) is 28.2 Å². The number of aromatic nitrogens is 1. The average Bonchev–Trinajstić information content (AvgIpc) is 3.03. The molecular weight excluding hydrogens is 342 g/mol. The largest absolute Gasteiger partial charge is 0.340 e. The van der Waals surface area contributed by atoms with Crippen LogP contribution in [0.3, 0.4) is 0 Å². The number of carbonyl (C=O) groups excluding carboxylic acids is 2. The lowest BCUT2D eigenvalue weighted by atomic mass is 10.1. The van der Waals surface area contributed by atoms with Crippen LogP contribution in [0.4, 0.5) is 4.79 Å². The molecule has 0 aliphatic carbocycles. The van der Waals surface area contributed by atoms with Gasteiger partial charge >= 0.3 is 6.03 Å². The Balaban J connectivity index is 1.40. The van der Waals surface area contributed by atoms with Crippen LogP contribution < -0.4 is 5.32 Å². The molecule has 0 saturated carbocycles. The van der Waals surface area contributed by atoms with Crippen LogP contribution in [0.2, 0.25) is 0 Å². The first-order valence-electron chi connectivity index (χ1n) is 9.89. The monoisotopic (exact) mass is 373 g/mol. The molecule has 7 heteroatoms. The Morgan fingerprint density at radius 1 is 1.30 bits per heavy atom. The SMILES string of the molecule is Cc1cccnc1CN1CCN(C(=O)NCC2CC(=O)N(C(C)C)C2)CC1. The minimum atomic E-state index is -0.0147. The third-order valence-electron chi connectivity index (χ3n) is 5.55. The molecule has 7 nitrogen and oxygen atoms in total. The molecule has 3 rings (SSSR count). The molecule has 0 spiro atoms. The van der Waals surface area contributed by atoms with Crippen molar-refractivity contribution in [2.45, 2.75) is 39.8 Å². The Morgan fingerprint density at radius 2 is 2.04 bits per heavy atom. The summed E-state index contributed by atoms with van der Waals surface area (Å²) in [7, 11) is 0. The van der Waals surface area contributed by atoms with Crippen LogP contribution in [0.15, 0.2) is 18.3 Å². The normalized spacial score (nSPS) is 21.2. The Morgan fingerprint density at radius 3 is 2.67 bits per heavy atom. The fraction of sp³-hybridized carbons (Fsp3) is 0.650. The summed E-state index contributed by atoms with van der Waals surface area (Å²) in [6, 6.07) is 4.26. The van der Waals surface area contributed by atoms with Crippen LogP contribution in [-0.2, 0) is 11.3 Å². The molecule has 27 heavy (non-hydrogen) atoms. The molecule has 1 atom stereocenters. The van der Waals surface area contributed by atoms with Crippen LogP contribution in [-0.4, -0.2) is 76.9 Å². The standard InChI is InChI=1S/C20H31N5O2/c1-15(2)25-13-17(11-19(25)26)12-22-20(27)24-9-7-23(8-10-24)14-18-16(3)5-4-6-21-18/h4-6,15,17H,7-14H2,1-3H3,(H,22,27). The second kappa shape index (κ2) is 8.69. The maximum Gasteiger partial charge on any atom is 0.317 e. The van der Waals surface area contributed by atoms with Gasteiger partial charge in [-0.25, -0.2) is 4.79 Å². The maximum atomic E-state index is 12.5. The van der Waals surface area contributed by atoms with Crippen molar-refractivity contribution < 1.29 is 9.59 Å². The predicted molar refractivity (Wildman–Crippen MR) is 104 cm³/mol. The number of carbonyl (C=O) groups is 2. The molecule has 3 amide bonds. The molecule has 1 aromatic rings. The highest BCUT2D eigenvalue weighted by molar-refractivity contribution is 5.79. The lowest BCUT2D eigenvalue weighted by Crippen LogP contribution is -2.52. The van der Waals surface area contributed by atoms with Crippen molar-refractivity contribution in [3.8, 4) is 0 Å². The van der Waals surface area contributed by atoms with E-state index in [0.29, 0.717) is 13.0 Å². The zero-order chi connectivity index (χ0) is 19.4. The summed E-state index contributed by atoms with van der Waals surface area (Å²) in [5.74, 6) is 0.417. The number of hydrogen-bond acceptors (Lipinski definition) is 4. The van der Waals surface area contributed by atoms with Gasteiger partial charge in [0.05, 0.1) is 5.69 Å². The first kappa shape index (κ1) is 19.6. The third-order valence-corrected chi connectivity index (χ3v) is 5.55. The Bertz CT molecular complexity index is 670. The second-order valence-electron chi connectivity index (χ2n) is 7.93. The number of likely N-dealkylation sites (tertiary alicyclic amines) is 1. The number of piperazine rings is 1. The van der Waals surface area contributed by atoms with Gasteiger partial charge in [-0.3, -0.25) is 14.7 Å². The van der Waals surface area contributed by atoms with Crippen LogP contribution in [0, 0.1) is 12.8 Å². The molecular formula is C20H31N5O2. The van der Waals surface area contributed by atoms with Gasteiger partial charge in [-0.15, -0.1) is 0 Å². The number of nitrogens with zero attached hydrogens (tertiary/aromatic N) is 4. The summed E-state index contributed by atoms with van der Waals surface area (Å²) in [6.45, 7) is 11.4. The predicted octanol–water partition coefficient (Wildman–Crippen LogP) is 1.47. The van der Waals surface area contributed by atoms with Crippen molar-refractivity contribution in [1.82, 2.24) is 25.0 Å². The van der Waals surface area contributed by atoms with Gasteiger partial charge in [0.25, 0.3) is 0 Å². The minimum Gasteiger partial charge on any atom is -0.340 e. The Kier molecular flexibility index (Phi) is 6.31. The van der Waals surface area contributed by atoms with Crippen LogP contribution >= 0.6 is 0 Å². The summed E-state index contributed by atoms with van der Waals surface area (Å²) in [6.07, 6.45) is 2.37. The third kappa shape index (κ3) is 4.97. The van der Waals surface area contributed by atoms with E-state index in [1.807, 2.05) is 35.9 Å². The molecule has 0 radical (unpaired) electrons. The van der Waals surface area contributed by atoms with E-state index in [-0.39, 0.29) is 23.9 Å². The zero-order valence-corrected chi connectivity index (χ0v) is 16.6. The van der Waals surface area contributed by atoms with Crippen molar-refractivity contribution in [1.29, 1.82) is 0 Å². The minimum absolute atomic E-state index is 0.0147. The average molecular weight is 374 g/mol. The fourth-order valence-electron chi connectivity index (χ4n) is 3.79. The molecule has 2 saturated heterocycles. The number of urea groups is 1. The van der Waals surface area contributed by atoms with Gasteiger partial charge in [0.15, 0.2) is 0 Å². The van der Waals surface area contributed by atoms with Crippen molar-refractivity contribution >= 4 is 11.9 Å². The summed E-state index contributed by atoms with van der Waals surface area (Å²) in [4.78, 5) is 35.0. The quantitative estimate of drug-likeness (QED) is 0.849. The van der Waals surface area contributed by atoms with Gasteiger partial charge in [0, 0.05) is 70.4 Å².